The number of hydrogen-bond donors (Lipinski definition) is 0. The number of benzene rings is 3. The normalized spacial score (nSPS) is 10.4. The number of allylic oxidation sites excluding steroid dienone is 1. The Kier molecular flexibility index (Phi) is 6.21. The van der Waals surface area contributed by atoms with E-state index in [0.29, 0.717) is 11.1 Å². The van der Waals surface area contributed by atoms with Gasteiger partial charge in [-0.3, -0.25) is 0 Å². The molecule has 3 aromatic rings. The van der Waals surface area contributed by atoms with Crippen molar-refractivity contribution in [1.82, 2.24) is 0 Å². The second-order valence-electron chi connectivity index (χ2n) is 6.03. The molecule has 0 aliphatic heterocycles. The van der Waals surface area contributed by atoms with Crippen molar-refractivity contribution in [1.29, 1.82) is 0 Å². The first-order chi connectivity index (χ1) is 12.4. The van der Waals surface area contributed by atoms with Gasteiger partial charge in [0.2, 0.25) is 0 Å². The second kappa shape index (κ2) is 8.21. The number of halogens is 4. The summed E-state index contributed by atoms with van der Waals surface area (Å²) in [6.07, 6.45) is 1.74. The fourth-order valence-electron chi connectivity index (χ4n) is 2.82. The van der Waals surface area contributed by atoms with Crippen molar-refractivity contribution < 1.29 is 17.6 Å². The van der Waals surface area contributed by atoms with Gasteiger partial charge < -0.3 is 0 Å². The zero-order valence-corrected chi connectivity index (χ0v) is 14.1. The Morgan fingerprint density at radius 3 is 1.70 bits per heavy atom. The summed E-state index contributed by atoms with van der Waals surface area (Å²) in [5.74, 6) is -3.66. The lowest BCUT2D eigenvalue weighted by Gasteiger charge is -2.10. The summed E-state index contributed by atoms with van der Waals surface area (Å²) >= 11 is 0. The van der Waals surface area contributed by atoms with Crippen molar-refractivity contribution in [3.8, 4) is 22.3 Å². The molecule has 0 N–H and O–H groups in total. The van der Waals surface area contributed by atoms with Crippen LogP contribution in [0.2, 0.25) is 0 Å². The number of aryl methyl sites for hydroxylation is 1. The molecule has 27 heavy (non-hydrogen) atoms. The van der Waals surface area contributed by atoms with Crippen LogP contribution < -0.4 is 0 Å². The first-order valence-corrected chi connectivity index (χ1v) is 8.07. The molecule has 140 valence electrons. The first kappa shape index (κ1) is 20.4. The molecule has 0 spiro atoms. The Morgan fingerprint density at radius 2 is 1.19 bits per heavy atom. The van der Waals surface area contributed by atoms with Crippen LogP contribution in [0.1, 0.15) is 18.6 Å². The Balaban J connectivity index is 0.00000261. The zero-order chi connectivity index (χ0) is 18.8. The summed E-state index contributed by atoms with van der Waals surface area (Å²) in [5.41, 5.74) is 1.58. The Hall–Kier alpha value is -2.88. The average molecular weight is 372 g/mol. The molecule has 0 heterocycles. The topological polar surface area (TPSA) is 0 Å². The Labute approximate surface area is 156 Å². The molecule has 0 radical (unpaired) electrons. The van der Waals surface area contributed by atoms with Crippen LogP contribution in [0.25, 0.3) is 22.3 Å². The van der Waals surface area contributed by atoms with E-state index in [9.17, 15) is 17.6 Å². The first-order valence-electron chi connectivity index (χ1n) is 8.07. The minimum Gasteiger partial charge on any atom is -0.203 e. The van der Waals surface area contributed by atoms with Crippen LogP contribution in [-0.2, 0) is 6.42 Å². The van der Waals surface area contributed by atoms with Gasteiger partial charge in [-0.1, -0.05) is 62.0 Å². The highest BCUT2D eigenvalue weighted by Crippen LogP contribution is 2.31. The van der Waals surface area contributed by atoms with E-state index in [1.54, 1.807) is 24.3 Å². The van der Waals surface area contributed by atoms with E-state index < -0.39 is 23.3 Å². The molecule has 0 nitrogen and oxygen atoms in total. The zero-order valence-electron chi connectivity index (χ0n) is 14.1. The van der Waals surface area contributed by atoms with Crippen molar-refractivity contribution in [2.24, 2.45) is 0 Å². The summed E-state index contributed by atoms with van der Waals surface area (Å²) in [4.78, 5) is 0. The molecule has 4 heteroatoms. The van der Waals surface area contributed by atoms with Crippen molar-refractivity contribution in [2.75, 3.05) is 0 Å². The largest absolute Gasteiger partial charge is 0.203 e. The van der Waals surface area contributed by atoms with Gasteiger partial charge in [0.25, 0.3) is 0 Å². The van der Waals surface area contributed by atoms with Gasteiger partial charge in [-0.05, 0) is 35.6 Å². The van der Waals surface area contributed by atoms with Crippen molar-refractivity contribution >= 4 is 0 Å². The molecule has 0 saturated heterocycles. The van der Waals surface area contributed by atoms with Gasteiger partial charge in [0.1, 0.15) is 0 Å². The molecule has 0 saturated carbocycles. The monoisotopic (exact) mass is 372 g/mol. The molecule has 0 aliphatic carbocycles. The summed E-state index contributed by atoms with van der Waals surface area (Å²) in [6, 6.07) is 12.2. The van der Waals surface area contributed by atoms with Crippen molar-refractivity contribution in [2.45, 2.75) is 20.8 Å². The van der Waals surface area contributed by atoms with Crippen LogP contribution in [-0.4, -0.2) is 0 Å². The fourth-order valence-corrected chi connectivity index (χ4v) is 2.82. The minimum atomic E-state index is -0.940. The van der Waals surface area contributed by atoms with Crippen LogP contribution in [0.5, 0.6) is 0 Å². The number of rotatable bonds is 4. The number of hydrogen-bond acceptors (Lipinski definition) is 0. The summed E-state index contributed by atoms with van der Waals surface area (Å²) in [7, 11) is 0. The van der Waals surface area contributed by atoms with Crippen LogP contribution >= 0.6 is 0 Å². The molecular weight excluding hydrogens is 352 g/mol. The highest BCUT2D eigenvalue weighted by atomic mass is 19.2. The van der Waals surface area contributed by atoms with E-state index in [1.807, 2.05) is 0 Å². The Bertz CT molecular complexity index is 973. The quantitative estimate of drug-likeness (QED) is 0.334. The van der Waals surface area contributed by atoms with Gasteiger partial charge in [0.05, 0.1) is 0 Å². The summed E-state index contributed by atoms with van der Waals surface area (Å²) in [5, 5.41) is 0. The van der Waals surface area contributed by atoms with Crippen LogP contribution in [0.4, 0.5) is 17.6 Å². The fraction of sp³-hybridized carbons (Fsp3) is 0.130. The van der Waals surface area contributed by atoms with E-state index in [1.165, 1.54) is 37.3 Å². The predicted octanol–water partition coefficient (Wildman–Crippen LogP) is 7.25. The van der Waals surface area contributed by atoms with E-state index in [4.69, 9.17) is 0 Å². The van der Waals surface area contributed by atoms with Gasteiger partial charge in [-0.15, -0.1) is 6.58 Å². The lowest BCUT2D eigenvalue weighted by atomic mass is 9.97. The summed E-state index contributed by atoms with van der Waals surface area (Å²) < 4.78 is 56.3. The smallest absolute Gasteiger partial charge is 0.166 e. The van der Waals surface area contributed by atoms with Crippen molar-refractivity contribution in [3.63, 3.8) is 0 Å². The van der Waals surface area contributed by atoms with Gasteiger partial charge in [-0.25, -0.2) is 17.6 Å². The van der Waals surface area contributed by atoms with Gasteiger partial charge in [0.15, 0.2) is 23.3 Å². The third kappa shape index (κ3) is 3.80. The molecule has 0 atom stereocenters. The summed E-state index contributed by atoms with van der Waals surface area (Å²) in [6.45, 7) is 5.00. The average Bonchev–Trinajstić information content (AvgIpc) is 2.64. The SMILES string of the molecule is C.C=CCc1ccc(-c2ccc(-c3ccc(C)c(F)c3F)cc2)c(F)c1F. The molecule has 3 rings (SSSR count). The molecule has 0 amide bonds. The molecular formula is C23H20F4. The maximum Gasteiger partial charge on any atom is 0.166 e. The van der Waals surface area contributed by atoms with Crippen LogP contribution in [0, 0.1) is 30.2 Å². The van der Waals surface area contributed by atoms with Crippen LogP contribution in [0.15, 0.2) is 61.2 Å². The second-order valence-corrected chi connectivity index (χ2v) is 6.03. The molecule has 0 aromatic heterocycles. The van der Waals surface area contributed by atoms with E-state index in [0.717, 1.165) is 0 Å². The lowest BCUT2D eigenvalue weighted by molar-refractivity contribution is 0.503. The Morgan fingerprint density at radius 1 is 0.704 bits per heavy atom. The predicted molar refractivity (Wildman–Crippen MR) is 103 cm³/mol. The maximum atomic E-state index is 14.3. The molecule has 0 fully saturated rings. The molecule has 0 aliphatic rings. The lowest BCUT2D eigenvalue weighted by Crippen LogP contribution is -1.96. The standard InChI is InChI=1S/C22H16F4.CH4/c1-3-4-16-10-12-18(22(26)20(16)24)15-8-6-14(7-9-15)17-11-5-13(2)19(23)21(17)25;/h3,5-12H,1,4H2,2H3;1H4. The minimum absolute atomic E-state index is 0. The van der Waals surface area contributed by atoms with Gasteiger partial charge >= 0.3 is 0 Å². The van der Waals surface area contributed by atoms with Gasteiger partial charge in [0, 0.05) is 11.1 Å². The van der Waals surface area contributed by atoms with Crippen molar-refractivity contribution in [3.05, 3.63) is 95.6 Å². The molecule has 3 aromatic carbocycles. The third-order valence-corrected chi connectivity index (χ3v) is 4.31. The van der Waals surface area contributed by atoms with Crippen LogP contribution in [0.3, 0.4) is 0 Å². The van der Waals surface area contributed by atoms with E-state index in [-0.39, 0.29) is 36.1 Å². The maximum absolute atomic E-state index is 14.3. The van der Waals surface area contributed by atoms with Gasteiger partial charge in [-0.2, -0.15) is 0 Å². The van der Waals surface area contributed by atoms with E-state index in [2.05, 4.69) is 6.58 Å². The highest BCUT2D eigenvalue weighted by molar-refractivity contribution is 5.71. The third-order valence-electron chi connectivity index (χ3n) is 4.31. The molecule has 0 unspecified atom stereocenters. The highest BCUT2D eigenvalue weighted by Gasteiger charge is 2.15. The molecule has 0 bridgehead atoms. The van der Waals surface area contributed by atoms with E-state index >= 15 is 0 Å².